The standard InChI is InChI=1S/C10H11ClFNO/c11-10-7(2-1-3-8(10)12)9-6-14-5-4-13-9/h1-3,9,13H,4-6H2/t9-/m0/s1. The predicted octanol–water partition coefficient (Wildman–Crippen LogP) is 2.14. The summed E-state index contributed by atoms with van der Waals surface area (Å²) in [6, 6.07) is 4.84. The Hall–Kier alpha value is -0.640. The van der Waals surface area contributed by atoms with E-state index in [0.717, 1.165) is 12.1 Å². The third-order valence-electron chi connectivity index (χ3n) is 2.28. The Balaban J connectivity index is 2.26. The zero-order chi connectivity index (χ0) is 9.97. The zero-order valence-electron chi connectivity index (χ0n) is 7.59. The van der Waals surface area contributed by atoms with Crippen molar-refractivity contribution in [2.45, 2.75) is 6.04 Å². The van der Waals surface area contributed by atoms with Gasteiger partial charge in [-0.25, -0.2) is 4.39 Å². The molecule has 1 saturated heterocycles. The Morgan fingerprint density at radius 2 is 2.36 bits per heavy atom. The Morgan fingerprint density at radius 3 is 3.07 bits per heavy atom. The molecule has 4 heteroatoms. The third-order valence-corrected chi connectivity index (χ3v) is 2.68. The number of hydrogen-bond acceptors (Lipinski definition) is 2. The van der Waals surface area contributed by atoms with Gasteiger partial charge in [0.1, 0.15) is 5.82 Å². The molecule has 0 amide bonds. The molecule has 76 valence electrons. The van der Waals surface area contributed by atoms with E-state index in [1.165, 1.54) is 6.07 Å². The molecule has 1 atom stereocenters. The molecule has 1 aliphatic rings. The van der Waals surface area contributed by atoms with Gasteiger partial charge in [0.05, 0.1) is 24.3 Å². The Bertz CT molecular complexity index is 326. The van der Waals surface area contributed by atoms with Crippen LogP contribution in [0.4, 0.5) is 4.39 Å². The van der Waals surface area contributed by atoms with Crippen LogP contribution in [0, 0.1) is 5.82 Å². The number of benzene rings is 1. The van der Waals surface area contributed by atoms with Crippen LogP contribution < -0.4 is 5.32 Å². The molecule has 1 N–H and O–H groups in total. The quantitative estimate of drug-likeness (QED) is 0.775. The van der Waals surface area contributed by atoms with E-state index in [4.69, 9.17) is 16.3 Å². The fourth-order valence-corrected chi connectivity index (χ4v) is 1.81. The van der Waals surface area contributed by atoms with Crippen molar-refractivity contribution in [1.29, 1.82) is 0 Å². The lowest BCUT2D eigenvalue weighted by Crippen LogP contribution is -2.34. The lowest BCUT2D eigenvalue weighted by Gasteiger charge is -2.24. The second-order valence-electron chi connectivity index (χ2n) is 3.22. The maximum Gasteiger partial charge on any atom is 0.142 e. The molecule has 1 heterocycles. The molecule has 0 aliphatic carbocycles. The summed E-state index contributed by atoms with van der Waals surface area (Å²) in [5.41, 5.74) is 0.770. The van der Waals surface area contributed by atoms with Crippen LogP contribution in [0.15, 0.2) is 18.2 Å². The van der Waals surface area contributed by atoms with Gasteiger partial charge in [-0.05, 0) is 11.6 Å². The molecule has 0 unspecified atom stereocenters. The summed E-state index contributed by atoms with van der Waals surface area (Å²) < 4.78 is 18.4. The van der Waals surface area contributed by atoms with E-state index in [-0.39, 0.29) is 16.9 Å². The molecule has 14 heavy (non-hydrogen) atoms. The number of halogens is 2. The second-order valence-corrected chi connectivity index (χ2v) is 3.60. The van der Waals surface area contributed by atoms with Crippen LogP contribution >= 0.6 is 11.6 Å². The Labute approximate surface area is 87.0 Å². The van der Waals surface area contributed by atoms with Crippen LogP contribution in [0.2, 0.25) is 5.02 Å². The first kappa shape index (κ1) is 9.90. The van der Waals surface area contributed by atoms with Gasteiger partial charge in [0, 0.05) is 6.54 Å². The molecular weight excluding hydrogens is 205 g/mol. The lowest BCUT2D eigenvalue weighted by atomic mass is 10.1. The van der Waals surface area contributed by atoms with Gasteiger partial charge < -0.3 is 10.1 Å². The van der Waals surface area contributed by atoms with E-state index in [1.54, 1.807) is 6.07 Å². The van der Waals surface area contributed by atoms with Crippen molar-refractivity contribution >= 4 is 11.6 Å². The van der Waals surface area contributed by atoms with Crippen molar-refractivity contribution in [3.05, 3.63) is 34.6 Å². The number of ether oxygens (including phenoxy) is 1. The summed E-state index contributed by atoms with van der Waals surface area (Å²) in [6.07, 6.45) is 0. The number of morpholine rings is 1. The average molecular weight is 216 g/mol. The van der Waals surface area contributed by atoms with Crippen molar-refractivity contribution in [1.82, 2.24) is 5.32 Å². The van der Waals surface area contributed by atoms with Gasteiger partial charge in [0.25, 0.3) is 0 Å². The highest BCUT2D eigenvalue weighted by molar-refractivity contribution is 6.31. The van der Waals surface area contributed by atoms with Crippen LogP contribution in [0.5, 0.6) is 0 Å². The summed E-state index contributed by atoms with van der Waals surface area (Å²) in [5.74, 6) is -0.378. The highest BCUT2D eigenvalue weighted by Gasteiger charge is 2.19. The topological polar surface area (TPSA) is 21.3 Å². The van der Waals surface area contributed by atoms with E-state index in [0.29, 0.717) is 13.2 Å². The highest BCUT2D eigenvalue weighted by Crippen LogP contribution is 2.26. The predicted molar refractivity (Wildman–Crippen MR) is 53.0 cm³/mol. The first-order valence-corrected chi connectivity index (χ1v) is 4.92. The minimum Gasteiger partial charge on any atom is -0.378 e. The maximum absolute atomic E-state index is 13.1. The monoisotopic (exact) mass is 215 g/mol. The molecule has 2 nitrogen and oxygen atoms in total. The SMILES string of the molecule is Fc1cccc([C@@H]2COCCN2)c1Cl. The lowest BCUT2D eigenvalue weighted by molar-refractivity contribution is 0.0768. The Kier molecular flexibility index (Phi) is 3.01. The van der Waals surface area contributed by atoms with Gasteiger partial charge in [0.2, 0.25) is 0 Å². The molecule has 0 bridgehead atoms. The van der Waals surface area contributed by atoms with E-state index in [9.17, 15) is 4.39 Å². The van der Waals surface area contributed by atoms with Gasteiger partial charge in [-0.1, -0.05) is 23.7 Å². The summed E-state index contributed by atoms with van der Waals surface area (Å²) in [6.45, 7) is 2.02. The maximum atomic E-state index is 13.1. The summed E-state index contributed by atoms with van der Waals surface area (Å²) >= 11 is 5.86. The van der Waals surface area contributed by atoms with E-state index < -0.39 is 0 Å². The highest BCUT2D eigenvalue weighted by atomic mass is 35.5. The van der Waals surface area contributed by atoms with Gasteiger partial charge in [0.15, 0.2) is 0 Å². The van der Waals surface area contributed by atoms with Crippen LogP contribution in [-0.2, 0) is 4.74 Å². The van der Waals surface area contributed by atoms with Crippen LogP contribution in [-0.4, -0.2) is 19.8 Å². The molecular formula is C10H11ClFNO. The number of rotatable bonds is 1. The molecule has 0 aromatic heterocycles. The van der Waals surface area contributed by atoms with E-state index in [2.05, 4.69) is 5.32 Å². The molecule has 0 saturated carbocycles. The fraction of sp³-hybridized carbons (Fsp3) is 0.400. The first-order chi connectivity index (χ1) is 6.79. The van der Waals surface area contributed by atoms with Gasteiger partial charge >= 0.3 is 0 Å². The van der Waals surface area contributed by atoms with Gasteiger partial charge in [-0.15, -0.1) is 0 Å². The summed E-state index contributed by atoms with van der Waals surface area (Å²) in [7, 11) is 0. The molecule has 1 fully saturated rings. The molecule has 0 radical (unpaired) electrons. The first-order valence-electron chi connectivity index (χ1n) is 4.54. The average Bonchev–Trinajstić information content (AvgIpc) is 2.23. The number of hydrogen-bond donors (Lipinski definition) is 1. The molecule has 1 aliphatic heterocycles. The van der Waals surface area contributed by atoms with Crippen LogP contribution in [0.25, 0.3) is 0 Å². The van der Waals surface area contributed by atoms with Crippen molar-refractivity contribution in [2.24, 2.45) is 0 Å². The van der Waals surface area contributed by atoms with E-state index in [1.807, 2.05) is 6.07 Å². The Morgan fingerprint density at radius 1 is 1.50 bits per heavy atom. The summed E-state index contributed by atoms with van der Waals surface area (Å²) in [4.78, 5) is 0. The van der Waals surface area contributed by atoms with E-state index >= 15 is 0 Å². The fourth-order valence-electron chi connectivity index (χ4n) is 1.55. The second kappa shape index (κ2) is 4.26. The van der Waals surface area contributed by atoms with Crippen molar-refractivity contribution in [2.75, 3.05) is 19.8 Å². The van der Waals surface area contributed by atoms with Crippen LogP contribution in [0.3, 0.4) is 0 Å². The van der Waals surface area contributed by atoms with Crippen LogP contribution in [0.1, 0.15) is 11.6 Å². The molecule has 1 aromatic rings. The zero-order valence-corrected chi connectivity index (χ0v) is 8.35. The minimum absolute atomic E-state index is 0.00644. The molecule has 0 spiro atoms. The van der Waals surface area contributed by atoms with Gasteiger partial charge in [-0.3, -0.25) is 0 Å². The third kappa shape index (κ3) is 1.90. The smallest absolute Gasteiger partial charge is 0.142 e. The van der Waals surface area contributed by atoms with Gasteiger partial charge in [-0.2, -0.15) is 0 Å². The normalized spacial score (nSPS) is 22.3. The largest absolute Gasteiger partial charge is 0.378 e. The van der Waals surface area contributed by atoms with Crippen molar-refractivity contribution < 1.29 is 9.13 Å². The van der Waals surface area contributed by atoms with Crippen molar-refractivity contribution in [3.8, 4) is 0 Å². The molecule has 2 rings (SSSR count). The minimum atomic E-state index is -0.378. The molecule has 1 aromatic carbocycles. The summed E-state index contributed by atoms with van der Waals surface area (Å²) in [5, 5.41) is 3.42. The van der Waals surface area contributed by atoms with Crippen molar-refractivity contribution in [3.63, 3.8) is 0 Å². The number of nitrogens with one attached hydrogen (secondary N) is 1.